The Morgan fingerprint density at radius 1 is 1.12 bits per heavy atom. The Balaban J connectivity index is 1.32. The molecule has 1 saturated heterocycles. The summed E-state index contributed by atoms with van der Waals surface area (Å²) in [5.74, 6) is 1.51. The highest BCUT2D eigenvalue weighted by molar-refractivity contribution is 5.77. The average Bonchev–Trinajstić information content (AvgIpc) is 3.29. The van der Waals surface area contributed by atoms with E-state index in [1.807, 2.05) is 29.3 Å². The van der Waals surface area contributed by atoms with Crippen LogP contribution in [-0.2, 0) is 9.53 Å². The van der Waals surface area contributed by atoms with Gasteiger partial charge < -0.3 is 9.64 Å². The Bertz CT molecular complexity index is 700. The first-order valence-electron chi connectivity index (χ1n) is 9.00. The lowest BCUT2D eigenvalue weighted by molar-refractivity contribution is -0.139. The molecule has 0 bridgehead atoms. The van der Waals surface area contributed by atoms with Gasteiger partial charge in [0.05, 0.1) is 6.10 Å². The van der Waals surface area contributed by atoms with Crippen LogP contribution in [0.15, 0.2) is 24.4 Å². The minimum Gasteiger partial charge on any atom is -0.368 e. The van der Waals surface area contributed by atoms with E-state index in [9.17, 15) is 4.79 Å². The Labute approximate surface area is 141 Å². The molecule has 6 heteroatoms. The summed E-state index contributed by atoms with van der Waals surface area (Å²) in [6.07, 6.45) is 8.86. The van der Waals surface area contributed by atoms with Gasteiger partial charge in [-0.3, -0.25) is 9.20 Å². The monoisotopic (exact) mass is 328 g/mol. The van der Waals surface area contributed by atoms with Crippen LogP contribution in [0.25, 0.3) is 5.65 Å². The number of carbonyl (C=O) groups excluding carboxylic acids is 1. The second kappa shape index (κ2) is 6.89. The third kappa shape index (κ3) is 3.15. The van der Waals surface area contributed by atoms with Crippen LogP contribution >= 0.6 is 0 Å². The summed E-state index contributed by atoms with van der Waals surface area (Å²) in [4.78, 5) is 14.3. The van der Waals surface area contributed by atoms with Gasteiger partial charge >= 0.3 is 0 Å². The Morgan fingerprint density at radius 2 is 1.92 bits per heavy atom. The maximum Gasteiger partial charge on any atom is 0.248 e. The number of nitrogens with zero attached hydrogens (tertiary/aromatic N) is 4. The highest BCUT2D eigenvalue weighted by atomic mass is 16.5. The number of likely N-dealkylation sites (tertiary alicyclic amines) is 1. The SMILES string of the molecule is O=C(COC1CCCC1)N1CCC(c2nnc3ccccn23)CC1. The first-order valence-corrected chi connectivity index (χ1v) is 9.00. The van der Waals surface area contributed by atoms with Crippen molar-refractivity contribution < 1.29 is 9.53 Å². The zero-order valence-corrected chi connectivity index (χ0v) is 13.9. The number of rotatable bonds is 4. The number of hydrogen-bond acceptors (Lipinski definition) is 4. The molecule has 24 heavy (non-hydrogen) atoms. The minimum atomic E-state index is 0.131. The van der Waals surface area contributed by atoms with Gasteiger partial charge in [-0.15, -0.1) is 10.2 Å². The molecule has 0 atom stereocenters. The van der Waals surface area contributed by atoms with Crippen LogP contribution in [0.4, 0.5) is 0 Å². The summed E-state index contributed by atoms with van der Waals surface area (Å²) in [5, 5.41) is 8.60. The number of hydrogen-bond donors (Lipinski definition) is 0. The molecular weight excluding hydrogens is 304 g/mol. The number of carbonyl (C=O) groups is 1. The van der Waals surface area contributed by atoms with E-state index in [-0.39, 0.29) is 12.5 Å². The molecule has 1 aliphatic heterocycles. The van der Waals surface area contributed by atoms with Gasteiger partial charge in [-0.2, -0.15) is 0 Å². The predicted molar refractivity (Wildman–Crippen MR) is 89.8 cm³/mol. The zero-order valence-electron chi connectivity index (χ0n) is 13.9. The molecule has 0 N–H and O–H groups in total. The molecule has 2 aromatic rings. The summed E-state index contributed by atoms with van der Waals surface area (Å²) in [6, 6.07) is 5.94. The van der Waals surface area contributed by atoms with E-state index in [0.717, 1.165) is 50.2 Å². The molecule has 3 heterocycles. The molecule has 0 radical (unpaired) electrons. The average molecular weight is 328 g/mol. The highest BCUT2D eigenvalue weighted by Gasteiger charge is 2.27. The van der Waals surface area contributed by atoms with Crippen molar-refractivity contribution in [2.24, 2.45) is 0 Å². The number of amides is 1. The number of aromatic nitrogens is 3. The van der Waals surface area contributed by atoms with Crippen LogP contribution in [0.2, 0.25) is 0 Å². The van der Waals surface area contributed by atoms with Crippen LogP contribution in [0.1, 0.15) is 50.3 Å². The van der Waals surface area contributed by atoms with Crippen molar-refractivity contribution in [3.63, 3.8) is 0 Å². The third-order valence-electron chi connectivity index (χ3n) is 5.30. The van der Waals surface area contributed by atoms with Gasteiger partial charge in [-0.1, -0.05) is 18.9 Å². The Kier molecular flexibility index (Phi) is 4.47. The van der Waals surface area contributed by atoms with Crippen LogP contribution in [0, 0.1) is 0 Å². The number of fused-ring (bicyclic) bond motifs is 1. The van der Waals surface area contributed by atoms with Gasteiger partial charge in [0.1, 0.15) is 12.4 Å². The van der Waals surface area contributed by atoms with E-state index < -0.39 is 0 Å². The molecule has 0 unspecified atom stereocenters. The maximum atomic E-state index is 12.3. The second-order valence-electron chi connectivity index (χ2n) is 6.86. The molecule has 1 saturated carbocycles. The summed E-state index contributed by atoms with van der Waals surface area (Å²) in [6.45, 7) is 1.79. The normalized spacial score (nSPS) is 20.1. The Hall–Kier alpha value is -1.95. The summed E-state index contributed by atoms with van der Waals surface area (Å²) < 4.78 is 7.82. The van der Waals surface area contributed by atoms with Crippen LogP contribution < -0.4 is 0 Å². The molecule has 1 aliphatic carbocycles. The van der Waals surface area contributed by atoms with Crippen molar-refractivity contribution in [2.45, 2.75) is 50.5 Å². The lowest BCUT2D eigenvalue weighted by Gasteiger charge is -2.31. The number of pyridine rings is 1. The molecule has 4 rings (SSSR count). The fourth-order valence-electron chi connectivity index (χ4n) is 3.86. The first kappa shape index (κ1) is 15.6. The van der Waals surface area contributed by atoms with E-state index in [1.165, 1.54) is 12.8 Å². The minimum absolute atomic E-state index is 0.131. The van der Waals surface area contributed by atoms with Crippen molar-refractivity contribution in [3.8, 4) is 0 Å². The van der Waals surface area contributed by atoms with Gasteiger partial charge in [0.15, 0.2) is 5.65 Å². The molecule has 0 spiro atoms. The second-order valence-corrected chi connectivity index (χ2v) is 6.86. The fraction of sp³-hybridized carbons (Fsp3) is 0.611. The van der Waals surface area contributed by atoms with Crippen molar-refractivity contribution >= 4 is 11.6 Å². The lowest BCUT2D eigenvalue weighted by atomic mass is 9.96. The summed E-state index contributed by atoms with van der Waals surface area (Å²) in [7, 11) is 0. The fourth-order valence-corrected chi connectivity index (χ4v) is 3.86. The molecule has 6 nitrogen and oxygen atoms in total. The van der Waals surface area contributed by atoms with Gasteiger partial charge in [-0.05, 0) is 37.8 Å². The first-order chi connectivity index (χ1) is 11.8. The van der Waals surface area contributed by atoms with Gasteiger partial charge in [-0.25, -0.2) is 0 Å². The van der Waals surface area contributed by atoms with E-state index in [0.29, 0.717) is 12.0 Å². The van der Waals surface area contributed by atoms with Crippen LogP contribution in [-0.4, -0.2) is 51.2 Å². The Morgan fingerprint density at radius 3 is 2.71 bits per heavy atom. The quantitative estimate of drug-likeness (QED) is 0.865. The van der Waals surface area contributed by atoms with Crippen molar-refractivity contribution in [3.05, 3.63) is 30.2 Å². The maximum absolute atomic E-state index is 12.3. The predicted octanol–water partition coefficient (Wildman–Crippen LogP) is 2.39. The van der Waals surface area contributed by atoms with Crippen molar-refractivity contribution in [1.29, 1.82) is 0 Å². The topological polar surface area (TPSA) is 59.7 Å². The lowest BCUT2D eigenvalue weighted by Crippen LogP contribution is -2.40. The van der Waals surface area contributed by atoms with Crippen molar-refractivity contribution in [2.75, 3.05) is 19.7 Å². The van der Waals surface area contributed by atoms with Crippen LogP contribution in [0.5, 0.6) is 0 Å². The molecule has 128 valence electrons. The molecule has 1 amide bonds. The van der Waals surface area contributed by atoms with E-state index in [4.69, 9.17) is 4.74 Å². The van der Waals surface area contributed by atoms with E-state index in [1.54, 1.807) is 0 Å². The standard InChI is InChI=1S/C18H24N4O2/c23-17(13-24-15-5-1-2-6-15)21-11-8-14(9-12-21)18-20-19-16-7-3-4-10-22(16)18/h3-4,7,10,14-15H,1-2,5-6,8-9,11-13H2. The third-order valence-corrected chi connectivity index (χ3v) is 5.30. The molecule has 2 aromatic heterocycles. The van der Waals surface area contributed by atoms with Crippen molar-refractivity contribution in [1.82, 2.24) is 19.5 Å². The summed E-state index contributed by atoms with van der Waals surface area (Å²) >= 11 is 0. The molecule has 2 aliphatic rings. The number of ether oxygens (including phenoxy) is 1. The molecule has 0 aromatic carbocycles. The van der Waals surface area contributed by atoms with E-state index in [2.05, 4.69) is 14.6 Å². The zero-order chi connectivity index (χ0) is 16.4. The molecule has 2 fully saturated rings. The smallest absolute Gasteiger partial charge is 0.248 e. The van der Waals surface area contributed by atoms with Gasteiger partial charge in [0, 0.05) is 25.2 Å². The van der Waals surface area contributed by atoms with E-state index >= 15 is 0 Å². The van der Waals surface area contributed by atoms with Crippen LogP contribution in [0.3, 0.4) is 0 Å². The largest absolute Gasteiger partial charge is 0.368 e. The highest BCUT2D eigenvalue weighted by Crippen LogP contribution is 2.27. The van der Waals surface area contributed by atoms with Gasteiger partial charge in [0.25, 0.3) is 0 Å². The number of piperidine rings is 1. The molecular formula is C18H24N4O2. The summed E-state index contributed by atoms with van der Waals surface area (Å²) in [5.41, 5.74) is 0.885. The van der Waals surface area contributed by atoms with Gasteiger partial charge in [0.2, 0.25) is 5.91 Å².